The number of fused-ring (bicyclic) bond motifs is 9. The van der Waals surface area contributed by atoms with Crippen LogP contribution in [0, 0.1) is 29.6 Å². The molecule has 46 heavy (non-hydrogen) atoms. The zero-order chi connectivity index (χ0) is 31.7. The summed E-state index contributed by atoms with van der Waals surface area (Å²) in [7, 11) is 0. The number of hydrogen-bond acceptors (Lipinski definition) is 8. The lowest BCUT2D eigenvalue weighted by Gasteiger charge is -2.43. The number of benzene rings is 3. The summed E-state index contributed by atoms with van der Waals surface area (Å²) in [5, 5.41) is 1.41. The van der Waals surface area contributed by atoms with Crippen molar-refractivity contribution in [2.45, 2.75) is 36.1 Å². The number of rotatable bonds is 7. The maximum Gasteiger partial charge on any atom is 0.338 e. The number of aromatic nitrogens is 1. The third-order valence-corrected chi connectivity index (χ3v) is 12.7. The molecule has 1 aromatic heterocycles. The third kappa shape index (κ3) is 4.64. The van der Waals surface area contributed by atoms with Crippen LogP contribution in [0.1, 0.15) is 45.6 Å². The van der Waals surface area contributed by atoms with Gasteiger partial charge in [-0.05, 0) is 79.1 Å². The van der Waals surface area contributed by atoms with Crippen LogP contribution < -0.4 is 14.5 Å². The highest BCUT2D eigenvalue weighted by Gasteiger charge is 2.69. The normalized spacial score (nSPS) is 27.3. The molecule has 0 radical (unpaired) electrons. The van der Waals surface area contributed by atoms with Gasteiger partial charge in [0.25, 0.3) is 0 Å². The maximum atomic E-state index is 14.2. The number of aromatic amines is 1. The van der Waals surface area contributed by atoms with Gasteiger partial charge >= 0.3 is 10.8 Å². The first kappa shape index (κ1) is 29.5. The Morgan fingerprint density at radius 1 is 0.978 bits per heavy atom. The summed E-state index contributed by atoms with van der Waals surface area (Å²) in [5.41, 5.74) is 2.74. The number of anilines is 1. The van der Waals surface area contributed by atoms with Crippen LogP contribution in [0.2, 0.25) is 5.02 Å². The second-order valence-electron chi connectivity index (χ2n) is 12.2. The van der Waals surface area contributed by atoms with E-state index in [-0.39, 0.29) is 52.2 Å². The lowest BCUT2D eigenvalue weighted by molar-refractivity contribution is -0.123. The number of carbonyl (C=O) groups is 3. The minimum Gasteiger partial charge on any atom is -0.489 e. The van der Waals surface area contributed by atoms with Gasteiger partial charge in [-0.3, -0.25) is 19.3 Å². The van der Waals surface area contributed by atoms with Crippen molar-refractivity contribution in [2.75, 3.05) is 11.5 Å². The van der Waals surface area contributed by atoms with Crippen molar-refractivity contribution in [3.05, 3.63) is 109 Å². The molecule has 4 aliphatic rings. The monoisotopic (exact) mass is 672 g/mol. The van der Waals surface area contributed by atoms with Crippen LogP contribution >= 0.6 is 34.7 Å². The summed E-state index contributed by atoms with van der Waals surface area (Å²) in [5.74, 6) is -1.38. The Morgan fingerprint density at radius 2 is 1.72 bits per heavy atom. The summed E-state index contributed by atoms with van der Waals surface area (Å²) in [6.07, 6.45) is 0.765. The number of H-pyrrole nitrogens is 1. The van der Waals surface area contributed by atoms with Gasteiger partial charge in [-0.1, -0.05) is 53.3 Å². The van der Waals surface area contributed by atoms with Crippen molar-refractivity contribution < 1.29 is 23.9 Å². The second kappa shape index (κ2) is 11.4. The van der Waals surface area contributed by atoms with Crippen molar-refractivity contribution in [2.24, 2.45) is 29.6 Å². The lowest BCUT2D eigenvalue weighted by atomic mass is 9.68. The highest BCUT2D eigenvalue weighted by Crippen LogP contribution is 2.69. The van der Waals surface area contributed by atoms with Gasteiger partial charge in [0.15, 0.2) is 0 Å². The highest BCUT2D eigenvalue weighted by molar-refractivity contribution is 8.00. The predicted molar refractivity (Wildman–Crippen MR) is 176 cm³/mol. The fourth-order valence-electron chi connectivity index (χ4n) is 8.21. The number of hydrogen-bond donors (Lipinski definition) is 1. The van der Waals surface area contributed by atoms with Gasteiger partial charge in [0.05, 0.1) is 34.7 Å². The SMILES string of the molecule is CCOC(=O)c1ccc(N2C(=O)[C@H]3[C@H]4C[C@@H]([C@@H]3C2=O)[C@H]2[C@H](c3cc(Cl)ccc3OCc3ccccc3)c3sc(=O)[nH]c3S[C@H]42)cc1. The molecule has 2 aliphatic carbocycles. The molecule has 3 aromatic carbocycles. The van der Waals surface area contributed by atoms with Gasteiger partial charge in [-0.2, -0.15) is 0 Å². The summed E-state index contributed by atoms with van der Waals surface area (Å²) in [6.45, 7) is 2.37. The molecule has 2 aliphatic heterocycles. The number of nitrogens with zero attached hydrogens (tertiary/aromatic N) is 1. The van der Waals surface area contributed by atoms with Gasteiger partial charge < -0.3 is 14.5 Å². The molecular weight excluding hydrogens is 644 g/mol. The van der Waals surface area contributed by atoms with Gasteiger partial charge in [-0.15, -0.1) is 11.8 Å². The van der Waals surface area contributed by atoms with Crippen molar-refractivity contribution in [3.8, 4) is 5.75 Å². The van der Waals surface area contributed by atoms with E-state index in [0.29, 0.717) is 28.6 Å². The molecular formula is C35H29ClN2O6S2. The highest BCUT2D eigenvalue weighted by atomic mass is 35.5. The Bertz CT molecular complexity index is 1930. The first-order chi connectivity index (χ1) is 22.3. The molecule has 7 atom stereocenters. The molecule has 234 valence electrons. The number of ether oxygens (including phenoxy) is 2. The molecule has 1 N–H and O–H groups in total. The Labute approximate surface area is 278 Å². The fourth-order valence-corrected chi connectivity index (χ4v) is 11.3. The number of carbonyl (C=O) groups excluding carboxylic acids is 3. The van der Waals surface area contributed by atoms with E-state index >= 15 is 0 Å². The fraction of sp³-hybridized carbons (Fsp3) is 0.314. The van der Waals surface area contributed by atoms with E-state index in [4.69, 9.17) is 21.1 Å². The van der Waals surface area contributed by atoms with Crippen molar-refractivity contribution in [1.82, 2.24) is 4.98 Å². The third-order valence-electron chi connectivity index (χ3n) is 9.90. The zero-order valence-electron chi connectivity index (χ0n) is 24.7. The Balaban J connectivity index is 1.16. The van der Waals surface area contributed by atoms with E-state index in [0.717, 1.165) is 27.5 Å². The minimum absolute atomic E-state index is 0.00404. The molecule has 2 saturated carbocycles. The van der Waals surface area contributed by atoms with Crippen LogP contribution in [0.3, 0.4) is 0 Å². The smallest absolute Gasteiger partial charge is 0.338 e. The molecule has 3 fully saturated rings. The van der Waals surface area contributed by atoms with Crippen LogP contribution in [-0.2, 0) is 20.9 Å². The van der Waals surface area contributed by atoms with Crippen LogP contribution in [-0.4, -0.2) is 34.6 Å². The standard InChI is InChI=1S/C35H29ClN2O6S2/c1-2-43-34(41)18-8-11-20(12-9-18)38-32(39)27-22-15-23(28(27)33(38)40)29-26(22)25(30-31(45-29)37-35(42)46-30)21-14-19(36)10-13-24(21)44-16-17-6-4-3-5-7-17/h3-14,22-23,25-29H,2,15-16H2,1H3,(H,37,42)/t22-,23-,25+,26+,27+,28+,29-/m1/s1. The van der Waals surface area contributed by atoms with Gasteiger partial charge in [0, 0.05) is 26.6 Å². The molecule has 0 unspecified atom stereocenters. The first-order valence-electron chi connectivity index (χ1n) is 15.3. The molecule has 8 rings (SSSR count). The number of thioether (sulfide) groups is 1. The number of halogens is 1. The predicted octanol–water partition coefficient (Wildman–Crippen LogP) is 6.52. The Kier molecular flexibility index (Phi) is 7.34. The molecule has 11 heteroatoms. The summed E-state index contributed by atoms with van der Waals surface area (Å²) in [6, 6.07) is 22.0. The van der Waals surface area contributed by atoms with E-state index in [2.05, 4.69) is 4.98 Å². The molecule has 3 heterocycles. The van der Waals surface area contributed by atoms with Crippen LogP contribution in [0.25, 0.3) is 0 Å². The van der Waals surface area contributed by atoms with E-state index < -0.39 is 17.8 Å². The molecule has 0 spiro atoms. The number of thiazole rings is 1. The van der Waals surface area contributed by atoms with Crippen molar-refractivity contribution >= 4 is 58.2 Å². The van der Waals surface area contributed by atoms with E-state index in [9.17, 15) is 19.2 Å². The summed E-state index contributed by atoms with van der Waals surface area (Å²) < 4.78 is 11.5. The van der Waals surface area contributed by atoms with E-state index in [1.54, 1.807) is 43.0 Å². The quantitative estimate of drug-likeness (QED) is 0.176. The molecule has 8 nitrogen and oxygen atoms in total. The molecule has 2 amide bonds. The van der Waals surface area contributed by atoms with E-state index in [1.807, 2.05) is 48.5 Å². The number of imide groups is 1. The Hall–Kier alpha value is -3.86. The van der Waals surface area contributed by atoms with Gasteiger partial charge in [-0.25, -0.2) is 4.79 Å². The summed E-state index contributed by atoms with van der Waals surface area (Å²) >= 11 is 9.45. The van der Waals surface area contributed by atoms with Gasteiger partial charge in [0.2, 0.25) is 11.8 Å². The van der Waals surface area contributed by atoms with Gasteiger partial charge in [0.1, 0.15) is 12.4 Å². The lowest BCUT2D eigenvalue weighted by Crippen LogP contribution is -2.42. The van der Waals surface area contributed by atoms with Crippen molar-refractivity contribution in [3.63, 3.8) is 0 Å². The van der Waals surface area contributed by atoms with Crippen LogP contribution in [0.4, 0.5) is 5.69 Å². The maximum absolute atomic E-state index is 14.2. The topological polar surface area (TPSA) is 106 Å². The van der Waals surface area contributed by atoms with E-state index in [1.165, 1.54) is 16.2 Å². The van der Waals surface area contributed by atoms with Crippen LogP contribution in [0.5, 0.6) is 5.75 Å². The Morgan fingerprint density at radius 3 is 2.46 bits per heavy atom. The first-order valence-corrected chi connectivity index (χ1v) is 17.4. The number of nitrogens with one attached hydrogen (secondary N) is 1. The minimum atomic E-state index is -0.461. The second-order valence-corrected chi connectivity index (χ2v) is 14.8. The van der Waals surface area contributed by atoms with Crippen molar-refractivity contribution in [1.29, 1.82) is 0 Å². The zero-order valence-corrected chi connectivity index (χ0v) is 27.1. The summed E-state index contributed by atoms with van der Waals surface area (Å²) in [4.78, 5) is 58.3. The average molecular weight is 673 g/mol. The number of amides is 2. The number of esters is 1. The molecule has 1 saturated heterocycles. The average Bonchev–Trinajstić information content (AvgIpc) is 3.80. The molecule has 4 aromatic rings. The largest absolute Gasteiger partial charge is 0.489 e. The molecule has 2 bridgehead atoms. The van der Waals surface area contributed by atoms with Crippen LogP contribution in [0.15, 0.2) is 82.6 Å².